The van der Waals surface area contributed by atoms with Crippen molar-refractivity contribution in [1.82, 2.24) is 5.32 Å². The van der Waals surface area contributed by atoms with E-state index < -0.39 is 0 Å². The first kappa shape index (κ1) is 14.5. The fourth-order valence-corrected chi connectivity index (χ4v) is 4.75. The molecule has 0 spiro atoms. The topological polar surface area (TPSA) is 55.1 Å². The average Bonchev–Trinajstić information content (AvgIpc) is 3.04. The molecule has 4 rings (SSSR count). The van der Waals surface area contributed by atoms with Gasteiger partial charge in [-0.2, -0.15) is 0 Å². The molecule has 3 aliphatic rings. The molecule has 0 aliphatic heterocycles. The number of nitrogens with one attached hydrogen (secondary N) is 1. The van der Waals surface area contributed by atoms with Crippen LogP contribution in [0.5, 0.6) is 0 Å². The van der Waals surface area contributed by atoms with Crippen molar-refractivity contribution >= 4 is 17.5 Å². The number of benzene rings is 1. The summed E-state index contributed by atoms with van der Waals surface area (Å²) in [5.41, 5.74) is 7.69. The van der Waals surface area contributed by atoms with Crippen molar-refractivity contribution in [2.24, 2.45) is 23.5 Å². The lowest BCUT2D eigenvalue weighted by atomic mass is 9.84. The Balaban J connectivity index is 1.40. The summed E-state index contributed by atoms with van der Waals surface area (Å²) in [5.74, 6) is 1.32. The molecule has 4 heteroatoms. The summed E-state index contributed by atoms with van der Waals surface area (Å²) in [6, 6.07) is 8.12. The molecule has 0 radical (unpaired) electrons. The summed E-state index contributed by atoms with van der Waals surface area (Å²) < 4.78 is 0. The molecule has 1 amide bonds. The van der Waals surface area contributed by atoms with Crippen molar-refractivity contribution in [3.05, 3.63) is 34.9 Å². The Labute approximate surface area is 136 Å². The Morgan fingerprint density at radius 2 is 1.91 bits per heavy atom. The van der Waals surface area contributed by atoms with Gasteiger partial charge in [0.1, 0.15) is 0 Å². The van der Waals surface area contributed by atoms with Crippen molar-refractivity contribution in [2.75, 3.05) is 6.54 Å². The zero-order chi connectivity index (χ0) is 15.3. The number of carbonyl (C=O) groups is 1. The smallest absolute Gasteiger partial charge is 0.224 e. The van der Waals surface area contributed by atoms with Crippen molar-refractivity contribution in [3.63, 3.8) is 0 Å². The molecule has 3 aliphatic carbocycles. The van der Waals surface area contributed by atoms with E-state index in [4.69, 9.17) is 17.3 Å². The van der Waals surface area contributed by atoms with Crippen LogP contribution in [0.1, 0.15) is 37.7 Å². The van der Waals surface area contributed by atoms with Crippen LogP contribution in [-0.2, 0) is 10.2 Å². The van der Waals surface area contributed by atoms with Crippen LogP contribution in [-0.4, -0.2) is 18.5 Å². The summed E-state index contributed by atoms with van der Waals surface area (Å²) in [6.07, 6.45) is 5.82. The largest absolute Gasteiger partial charge is 0.355 e. The summed E-state index contributed by atoms with van der Waals surface area (Å²) in [6.45, 7) is 0.730. The van der Waals surface area contributed by atoms with Crippen molar-refractivity contribution in [2.45, 2.75) is 43.6 Å². The van der Waals surface area contributed by atoms with Crippen molar-refractivity contribution in [3.8, 4) is 0 Å². The van der Waals surface area contributed by atoms with Gasteiger partial charge < -0.3 is 11.1 Å². The van der Waals surface area contributed by atoms with E-state index in [1.807, 2.05) is 12.1 Å². The number of carbonyl (C=O) groups excluding carboxylic acids is 1. The second kappa shape index (κ2) is 5.24. The molecular weight excluding hydrogens is 296 g/mol. The number of halogens is 1. The number of amides is 1. The fraction of sp³-hybridized carbons (Fsp3) is 0.611. The molecule has 4 unspecified atom stereocenters. The number of hydrogen-bond acceptors (Lipinski definition) is 2. The van der Waals surface area contributed by atoms with Crippen LogP contribution in [0.3, 0.4) is 0 Å². The van der Waals surface area contributed by atoms with Crippen molar-refractivity contribution in [1.29, 1.82) is 0 Å². The van der Waals surface area contributed by atoms with E-state index >= 15 is 0 Å². The molecule has 1 aromatic carbocycles. The maximum atomic E-state index is 12.6. The van der Waals surface area contributed by atoms with E-state index in [9.17, 15) is 4.79 Å². The van der Waals surface area contributed by atoms with Gasteiger partial charge in [0.05, 0.1) is 5.92 Å². The van der Waals surface area contributed by atoms with Crippen LogP contribution in [0.25, 0.3) is 0 Å². The average molecular weight is 319 g/mol. The second-order valence-corrected chi connectivity index (χ2v) is 7.88. The van der Waals surface area contributed by atoms with Crippen LogP contribution >= 0.6 is 11.6 Å². The third-order valence-corrected chi connectivity index (χ3v) is 6.45. The van der Waals surface area contributed by atoms with Crippen LogP contribution in [0.2, 0.25) is 5.02 Å². The zero-order valence-electron chi connectivity index (χ0n) is 12.7. The van der Waals surface area contributed by atoms with Gasteiger partial charge >= 0.3 is 0 Å². The number of hydrogen-bond donors (Lipinski definition) is 2. The minimum Gasteiger partial charge on any atom is -0.355 e. The predicted molar refractivity (Wildman–Crippen MR) is 87.7 cm³/mol. The van der Waals surface area contributed by atoms with Gasteiger partial charge in [-0.25, -0.2) is 0 Å². The van der Waals surface area contributed by atoms with E-state index in [0.717, 1.165) is 30.8 Å². The summed E-state index contributed by atoms with van der Waals surface area (Å²) in [5, 5.41) is 3.96. The predicted octanol–water partition coefficient (Wildman–Crippen LogP) is 2.86. The van der Waals surface area contributed by atoms with Crippen LogP contribution in [0.15, 0.2) is 24.3 Å². The van der Waals surface area contributed by atoms with Gasteiger partial charge in [-0.1, -0.05) is 23.7 Å². The third-order valence-electron chi connectivity index (χ3n) is 6.19. The zero-order valence-corrected chi connectivity index (χ0v) is 13.5. The molecule has 3 nitrogen and oxygen atoms in total. The lowest BCUT2D eigenvalue weighted by Gasteiger charge is -2.28. The highest BCUT2D eigenvalue weighted by Gasteiger charge is 2.50. The van der Waals surface area contributed by atoms with Gasteiger partial charge in [-0.15, -0.1) is 0 Å². The molecule has 2 bridgehead atoms. The first-order valence-corrected chi connectivity index (χ1v) is 8.76. The lowest BCUT2D eigenvalue weighted by Crippen LogP contribution is -2.46. The lowest BCUT2D eigenvalue weighted by molar-refractivity contribution is -0.127. The molecule has 0 saturated heterocycles. The standard InChI is InChI=1S/C18H23ClN2O/c19-14-5-3-13(4-6-14)18(7-8-18)10-21-17(22)15-11-1-2-12(9-11)16(15)20/h3-6,11-12,15-16H,1-2,7-10,20H2,(H,21,22). The van der Waals surface area contributed by atoms with Crippen LogP contribution in [0.4, 0.5) is 0 Å². The van der Waals surface area contributed by atoms with Gasteiger partial charge in [0.2, 0.25) is 5.91 Å². The molecule has 3 fully saturated rings. The van der Waals surface area contributed by atoms with E-state index in [0.29, 0.717) is 11.8 Å². The van der Waals surface area contributed by atoms with Crippen molar-refractivity contribution < 1.29 is 4.79 Å². The van der Waals surface area contributed by atoms with Gasteiger partial charge in [0, 0.05) is 23.0 Å². The van der Waals surface area contributed by atoms with Gasteiger partial charge in [0.25, 0.3) is 0 Å². The van der Waals surface area contributed by atoms with E-state index in [-0.39, 0.29) is 23.3 Å². The molecule has 118 valence electrons. The first-order valence-electron chi connectivity index (χ1n) is 8.38. The monoisotopic (exact) mass is 318 g/mol. The Morgan fingerprint density at radius 3 is 2.50 bits per heavy atom. The first-order chi connectivity index (χ1) is 10.6. The van der Waals surface area contributed by atoms with Crippen LogP contribution in [0, 0.1) is 17.8 Å². The molecule has 0 aromatic heterocycles. The third kappa shape index (κ3) is 2.35. The number of nitrogens with two attached hydrogens (primary N) is 1. The highest BCUT2D eigenvalue weighted by molar-refractivity contribution is 6.30. The SMILES string of the molecule is NC1C2CCC(C2)C1C(=O)NCC1(c2ccc(Cl)cc2)CC1. The quantitative estimate of drug-likeness (QED) is 0.897. The molecule has 1 aromatic rings. The molecule has 0 heterocycles. The highest BCUT2D eigenvalue weighted by atomic mass is 35.5. The Morgan fingerprint density at radius 1 is 1.23 bits per heavy atom. The minimum atomic E-state index is 0.0415. The Kier molecular flexibility index (Phi) is 3.46. The number of rotatable bonds is 4. The van der Waals surface area contributed by atoms with Gasteiger partial charge in [-0.05, 0) is 61.6 Å². The minimum absolute atomic E-state index is 0.0415. The molecule has 22 heavy (non-hydrogen) atoms. The second-order valence-electron chi connectivity index (χ2n) is 7.44. The maximum absolute atomic E-state index is 12.6. The van der Waals surface area contributed by atoms with E-state index in [2.05, 4.69) is 17.4 Å². The van der Waals surface area contributed by atoms with Crippen LogP contribution < -0.4 is 11.1 Å². The summed E-state index contributed by atoms with van der Waals surface area (Å²) in [7, 11) is 0. The van der Waals surface area contributed by atoms with E-state index in [1.165, 1.54) is 18.4 Å². The molecule has 3 N–H and O–H groups in total. The fourth-order valence-electron chi connectivity index (χ4n) is 4.62. The van der Waals surface area contributed by atoms with Gasteiger partial charge in [-0.3, -0.25) is 4.79 Å². The van der Waals surface area contributed by atoms with Gasteiger partial charge in [0.15, 0.2) is 0 Å². The Hall–Kier alpha value is -1.06. The van der Waals surface area contributed by atoms with E-state index in [1.54, 1.807) is 0 Å². The normalized spacial score (nSPS) is 34.6. The molecule has 3 saturated carbocycles. The molecule has 4 atom stereocenters. The molecular formula is C18H23ClN2O. The summed E-state index contributed by atoms with van der Waals surface area (Å²) in [4.78, 5) is 12.6. The highest BCUT2D eigenvalue weighted by Crippen LogP contribution is 2.49. The summed E-state index contributed by atoms with van der Waals surface area (Å²) >= 11 is 5.96. The Bertz CT molecular complexity index is 579. The number of fused-ring (bicyclic) bond motifs is 2. The maximum Gasteiger partial charge on any atom is 0.224 e.